The van der Waals surface area contributed by atoms with E-state index in [0.29, 0.717) is 85.8 Å². The van der Waals surface area contributed by atoms with E-state index in [-0.39, 0.29) is 43.1 Å². The maximum absolute atomic E-state index is 11.5. The van der Waals surface area contributed by atoms with Gasteiger partial charge in [0, 0.05) is 0 Å². The minimum Gasteiger partial charge on any atom is -0.471 e. The molecule has 0 amide bonds. The molecule has 10 aromatic carbocycles. The summed E-state index contributed by atoms with van der Waals surface area (Å²) in [6.07, 6.45) is 2.50. The van der Waals surface area contributed by atoms with E-state index in [0.717, 1.165) is 22.9 Å². The van der Waals surface area contributed by atoms with Crippen LogP contribution in [0.2, 0.25) is 0 Å². The van der Waals surface area contributed by atoms with Gasteiger partial charge in [0.1, 0.15) is 0 Å². The van der Waals surface area contributed by atoms with Gasteiger partial charge in [0.25, 0.3) is 19.4 Å². The maximum Gasteiger partial charge on any atom is 0.346 e. The highest BCUT2D eigenvalue weighted by Gasteiger charge is 2.33. The predicted octanol–water partition coefficient (Wildman–Crippen LogP) is 10.2. The number of ether oxygens (including phenoxy) is 8. The number of hydrogen-bond donors (Lipinski definition) is 0. The minimum atomic E-state index is -0.824. The van der Waals surface area contributed by atoms with Crippen molar-refractivity contribution in [2.24, 2.45) is 0 Å². The first-order valence-electron chi connectivity index (χ1n) is 34.6. The fourth-order valence-electron chi connectivity index (χ4n) is 10.4. The van der Waals surface area contributed by atoms with Crippen LogP contribution >= 0.6 is 0 Å². The molecule has 0 saturated carbocycles. The van der Waals surface area contributed by atoms with Crippen molar-refractivity contribution in [1.29, 1.82) is 0 Å². The molecule has 0 radical (unpaired) electrons. The Labute approximate surface area is 665 Å². The van der Waals surface area contributed by atoms with Crippen LogP contribution in [0, 0.1) is 0 Å². The van der Waals surface area contributed by atoms with E-state index < -0.39 is 105 Å². The SMILES string of the molecule is CCC.CCC.COC=O.COC=O.COC=O.O=C1OC(=O)c2cc3ccccc3cc21.O=C1OC(=O)c2ccccc21.O=C1OC(=O)c2ccccc21.O=C1OC(=O)c2ccccc21.O=C1OC(=O)c2ccccc21.O=c1oc(=O)c2cc3c(=O)oc(=O)c3cc12.O=c1oc(=O)c2cc3cc4c(=O)oc(=O)c4cc3cc12.c1ccccc1. The molecule has 5 aliphatic heterocycles. The van der Waals surface area contributed by atoms with E-state index >= 15 is 0 Å². The average Bonchev–Trinajstić information content (AvgIpc) is 1.63. The zero-order valence-electron chi connectivity index (χ0n) is 63.2. The van der Waals surface area contributed by atoms with Gasteiger partial charge in [0.15, 0.2) is 0 Å². The summed E-state index contributed by atoms with van der Waals surface area (Å²) in [6, 6.07) is 57.2. The molecule has 5 aliphatic rings. The van der Waals surface area contributed by atoms with Gasteiger partial charge in [-0.3, -0.25) is 14.4 Å². The van der Waals surface area contributed by atoms with Crippen LogP contribution in [0.5, 0.6) is 0 Å². The zero-order valence-corrected chi connectivity index (χ0v) is 63.2. The standard InChI is InChI=1S/C14H4O6.C12H6O3.C10H2O6.4C8H4O3.C6H6.2C3H8.3C2H4O2/c15-11-7-1-5-2-9-10(14(18)20-13(9)17)4-6(5)3-8(7)12(16)19-11;13-11-9-5-7-3-1-2-4-8(7)6-10(9)12(14)15-11;11-7-3-1-4-6(10(14)16-8(4)12)2-5(3)9(13)15-7;4*9-7-5-3-1-2-4-6(5)8(10)11-7;1-2-4-6-5-3-1;2*1-3-2;3*1-4-2-3/h1-4H;1-6H;1-2H;4*1-4H;1-6H;2*3H2,1-2H3;3*2H,1H3. The lowest BCUT2D eigenvalue weighted by atomic mass is 10.0. The number of furan rings is 4. The first-order chi connectivity index (χ1) is 57.1. The zero-order chi connectivity index (χ0) is 87.2. The molecule has 0 bridgehead atoms. The number of carbonyl (C=O) groups excluding carboxylic acids is 13. The summed E-state index contributed by atoms with van der Waals surface area (Å²) < 4.78 is 51.2. The van der Waals surface area contributed by atoms with Gasteiger partial charge in [-0.15, -0.1) is 0 Å². The fourth-order valence-corrected chi connectivity index (χ4v) is 10.4. The normalized spacial score (nSPS) is 11.9. The summed E-state index contributed by atoms with van der Waals surface area (Å²) in [4.78, 5) is 227. The summed E-state index contributed by atoms with van der Waals surface area (Å²) in [5.41, 5.74) is -2.57. The van der Waals surface area contributed by atoms with Gasteiger partial charge >= 0.3 is 105 Å². The molecule has 0 aliphatic carbocycles. The molecule has 14 aromatic rings. The van der Waals surface area contributed by atoms with Gasteiger partial charge in [-0.25, -0.2) is 86.3 Å². The number of cyclic esters (lactones) is 10. The molecule has 0 fully saturated rings. The van der Waals surface area contributed by atoms with Crippen LogP contribution in [-0.4, -0.2) is 100 Å². The monoisotopic (exact) mass is 1620 g/mol. The van der Waals surface area contributed by atoms with Crippen molar-refractivity contribution in [1.82, 2.24) is 0 Å². The van der Waals surface area contributed by atoms with Gasteiger partial charge in [-0.2, -0.15) is 0 Å². The van der Waals surface area contributed by atoms with Crippen LogP contribution in [0.4, 0.5) is 0 Å². The molecule has 33 heteroatoms. The molecule has 119 heavy (non-hydrogen) atoms. The predicted molar refractivity (Wildman–Crippen MR) is 420 cm³/mol. The number of methoxy groups -OCH3 is 3. The number of rotatable bonds is 3. The van der Waals surface area contributed by atoms with Crippen molar-refractivity contribution in [2.75, 3.05) is 21.3 Å². The average molecular weight is 1620 g/mol. The van der Waals surface area contributed by atoms with Crippen LogP contribution in [-0.2, 0) is 52.3 Å². The van der Waals surface area contributed by atoms with Crippen molar-refractivity contribution < 1.29 is 118 Å². The van der Waals surface area contributed by atoms with E-state index in [1.807, 2.05) is 60.7 Å². The first-order valence-corrected chi connectivity index (χ1v) is 34.6. The Hall–Kier alpha value is -16.6. The Bertz CT molecular complexity index is 5810. The summed E-state index contributed by atoms with van der Waals surface area (Å²) in [6.45, 7) is 9.62. The largest absolute Gasteiger partial charge is 0.471 e. The van der Waals surface area contributed by atoms with E-state index in [1.54, 1.807) is 109 Å². The highest BCUT2D eigenvalue weighted by molar-refractivity contribution is 6.18. The number of esters is 10. The van der Waals surface area contributed by atoms with Crippen LogP contribution in [0.25, 0.3) is 64.6 Å². The molecular weight excluding hydrogens is 1560 g/mol. The smallest absolute Gasteiger partial charge is 0.346 e. The van der Waals surface area contributed by atoms with Crippen molar-refractivity contribution in [3.05, 3.63) is 345 Å². The third-order valence-electron chi connectivity index (χ3n) is 15.4. The molecular formula is C86H62O33. The van der Waals surface area contributed by atoms with E-state index in [9.17, 15) is 86.3 Å². The molecule has 33 nitrogen and oxygen atoms in total. The summed E-state index contributed by atoms with van der Waals surface area (Å²) in [5.74, 6) is -5.51. The van der Waals surface area contributed by atoms with Crippen LogP contribution < -0.4 is 45.0 Å². The van der Waals surface area contributed by atoms with Crippen molar-refractivity contribution in [3.63, 3.8) is 0 Å². The molecule has 0 atom stereocenters. The van der Waals surface area contributed by atoms with E-state index in [4.69, 9.17) is 14.4 Å². The second kappa shape index (κ2) is 42.9. The maximum atomic E-state index is 11.5. The van der Waals surface area contributed by atoms with Crippen molar-refractivity contribution in [2.45, 2.75) is 40.5 Å². The lowest BCUT2D eigenvalue weighted by Gasteiger charge is -1.98. The molecule has 604 valence electrons. The lowest BCUT2D eigenvalue weighted by molar-refractivity contribution is -0.126. The van der Waals surface area contributed by atoms with Gasteiger partial charge < -0.3 is 55.6 Å². The van der Waals surface area contributed by atoms with Crippen LogP contribution in [0.15, 0.2) is 262 Å². The van der Waals surface area contributed by atoms with Crippen molar-refractivity contribution >= 4 is 144 Å². The first kappa shape index (κ1) is 89.6. The minimum absolute atomic E-state index is 0.0181. The van der Waals surface area contributed by atoms with E-state index in [1.165, 1.54) is 58.4 Å². The Morgan fingerprint density at radius 2 is 0.353 bits per heavy atom. The lowest BCUT2D eigenvalue weighted by Crippen LogP contribution is -1.96. The highest BCUT2D eigenvalue weighted by Crippen LogP contribution is 2.28. The second-order valence-electron chi connectivity index (χ2n) is 23.7. The van der Waals surface area contributed by atoms with Crippen molar-refractivity contribution in [3.8, 4) is 0 Å². The van der Waals surface area contributed by atoms with E-state index in [2.05, 4.69) is 83.3 Å². The summed E-state index contributed by atoms with van der Waals surface area (Å²) >= 11 is 0. The Morgan fingerprint density at radius 3 is 0.513 bits per heavy atom. The van der Waals surface area contributed by atoms with Gasteiger partial charge in [-0.1, -0.05) is 150 Å². The fraction of sp³-hybridized carbons (Fsp3) is 0.105. The number of hydrogen-bond acceptors (Lipinski definition) is 33. The van der Waals surface area contributed by atoms with Gasteiger partial charge in [-0.05, 0) is 119 Å². The number of carbonyl (C=O) groups is 13. The topological polar surface area (TPSA) is 485 Å². The Balaban J connectivity index is 0.000000185. The van der Waals surface area contributed by atoms with Gasteiger partial charge in [0.05, 0.1) is 120 Å². The molecule has 0 N–H and O–H groups in total. The molecule has 9 heterocycles. The van der Waals surface area contributed by atoms with Crippen LogP contribution in [0.3, 0.4) is 0 Å². The molecule has 0 unspecified atom stereocenters. The second-order valence-corrected chi connectivity index (χ2v) is 23.7. The molecule has 4 aromatic heterocycles. The summed E-state index contributed by atoms with van der Waals surface area (Å²) in [5, 5.41) is 3.52. The third-order valence-corrected chi connectivity index (χ3v) is 15.4. The quantitative estimate of drug-likeness (QED) is 0.0686. The highest BCUT2D eigenvalue weighted by atomic mass is 16.6. The Morgan fingerprint density at radius 1 is 0.210 bits per heavy atom. The molecule has 19 rings (SSSR count). The van der Waals surface area contributed by atoms with Gasteiger partial charge in [0.2, 0.25) is 0 Å². The third kappa shape index (κ3) is 22.4. The molecule has 0 spiro atoms. The number of fused-ring (bicyclic) bond motifs is 11. The number of benzene rings is 10. The summed E-state index contributed by atoms with van der Waals surface area (Å²) in [7, 11) is 3.94. The Kier molecular flexibility index (Phi) is 32.3. The van der Waals surface area contributed by atoms with Crippen LogP contribution in [0.1, 0.15) is 144 Å². The molecule has 0 saturated heterocycles.